The van der Waals surface area contributed by atoms with Crippen LogP contribution in [0.1, 0.15) is 13.8 Å². The molecule has 0 aliphatic rings. The van der Waals surface area contributed by atoms with Crippen LogP contribution in [0.25, 0.3) is 0 Å². The summed E-state index contributed by atoms with van der Waals surface area (Å²) in [6, 6.07) is 0. The van der Waals surface area contributed by atoms with Gasteiger partial charge in [0.25, 0.3) is 0 Å². The zero-order valence-corrected chi connectivity index (χ0v) is 8.73. The van der Waals surface area contributed by atoms with Gasteiger partial charge in [-0.15, -0.1) is 0 Å². The second-order valence-corrected chi connectivity index (χ2v) is 5.10. The van der Waals surface area contributed by atoms with E-state index in [0.29, 0.717) is 3.92 Å². The summed E-state index contributed by atoms with van der Waals surface area (Å²) < 4.78 is 2.05. The Bertz CT molecular complexity index is 70.1. The SMILES string of the molecule is C/C(I)=C/C(C)I. The lowest BCUT2D eigenvalue weighted by Crippen LogP contribution is -1.78. The lowest BCUT2D eigenvalue weighted by atomic mass is 10.4. The molecule has 0 nitrogen and oxygen atoms in total. The molecule has 0 saturated carbocycles. The van der Waals surface area contributed by atoms with Gasteiger partial charge in [0.05, 0.1) is 0 Å². The number of hydrogen-bond donors (Lipinski definition) is 0. The van der Waals surface area contributed by atoms with Crippen LogP contribution in [0.15, 0.2) is 9.66 Å². The van der Waals surface area contributed by atoms with Gasteiger partial charge < -0.3 is 0 Å². The fourth-order valence-corrected chi connectivity index (χ4v) is 2.08. The molecule has 0 aliphatic carbocycles. The zero-order chi connectivity index (χ0) is 5.86. The van der Waals surface area contributed by atoms with Crippen molar-refractivity contribution in [1.29, 1.82) is 0 Å². The summed E-state index contributed by atoms with van der Waals surface area (Å²) in [6.45, 7) is 4.28. The molecule has 0 fully saturated rings. The summed E-state index contributed by atoms with van der Waals surface area (Å²) in [4.78, 5) is 0. The van der Waals surface area contributed by atoms with Crippen LogP contribution in [0, 0.1) is 0 Å². The smallest absolute Gasteiger partial charge is 0.0271 e. The molecule has 0 N–H and O–H groups in total. The van der Waals surface area contributed by atoms with Gasteiger partial charge in [0.2, 0.25) is 0 Å². The van der Waals surface area contributed by atoms with Crippen LogP contribution in [0.3, 0.4) is 0 Å². The number of hydrogen-bond acceptors (Lipinski definition) is 0. The molecule has 1 atom stereocenters. The van der Waals surface area contributed by atoms with Crippen molar-refractivity contribution in [3.8, 4) is 0 Å². The van der Waals surface area contributed by atoms with Crippen LogP contribution in [0.4, 0.5) is 0 Å². The Hall–Kier alpha value is 1.20. The Morgan fingerprint density at radius 2 is 2.14 bits per heavy atom. The lowest BCUT2D eigenvalue weighted by molar-refractivity contribution is 1.29. The minimum atomic E-state index is 0.675. The number of allylic oxidation sites excluding steroid dienone is 2. The van der Waals surface area contributed by atoms with E-state index in [1.54, 1.807) is 0 Å². The molecule has 1 unspecified atom stereocenters. The van der Waals surface area contributed by atoms with Gasteiger partial charge >= 0.3 is 0 Å². The van der Waals surface area contributed by atoms with Crippen molar-refractivity contribution in [3.05, 3.63) is 9.66 Å². The van der Waals surface area contributed by atoms with Gasteiger partial charge in [0, 0.05) is 3.92 Å². The molecule has 0 bridgehead atoms. The first-order chi connectivity index (χ1) is 3.13. The first kappa shape index (κ1) is 8.20. The summed E-state index contributed by atoms with van der Waals surface area (Å²) in [5, 5.41) is 0. The highest BCUT2D eigenvalue weighted by atomic mass is 127. The molecule has 0 aliphatic heterocycles. The van der Waals surface area contributed by atoms with Crippen molar-refractivity contribution >= 4 is 45.2 Å². The van der Waals surface area contributed by atoms with Gasteiger partial charge in [-0.3, -0.25) is 0 Å². The fraction of sp³-hybridized carbons (Fsp3) is 0.600. The first-order valence-corrected chi connectivity index (χ1v) is 4.43. The summed E-state index contributed by atoms with van der Waals surface area (Å²) in [5.41, 5.74) is 0. The van der Waals surface area contributed by atoms with Gasteiger partial charge in [-0.05, 0) is 40.0 Å². The number of rotatable bonds is 1. The van der Waals surface area contributed by atoms with Crippen LogP contribution >= 0.6 is 45.2 Å². The minimum absolute atomic E-state index is 0.675. The summed E-state index contributed by atoms with van der Waals surface area (Å²) in [5.74, 6) is 0. The van der Waals surface area contributed by atoms with Crippen molar-refractivity contribution in [1.82, 2.24) is 0 Å². The summed E-state index contributed by atoms with van der Waals surface area (Å²) >= 11 is 4.69. The Balaban J connectivity index is 3.45. The third-order valence-corrected chi connectivity index (χ3v) is 1.18. The van der Waals surface area contributed by atoms with Crippen molar-refractivity contribution in [2.45, 2.75) is 17.8 Å². The summed E-state index contributed by atoms with van der Waals surface area (Å²) in [6.07, 6.45) is 2.22. The van der Waals surface area contributed by atoms with Crippen LogP contribution < -0.4 is 0 Å². The van der Waals surface area contributed by atoms with Crippen molar-refractivity contribution in [2.75, 3.05) is 0 Å². The van der Waals surface area contributed by atoms with Gasteiger partial charge in [-0.1, -0.05) is 28.7 Å². The van der Waals surface area contributed by atoms with E-state index in [-0.39, 0.29) is 0 Å². The van der Waals surface area contributed by atoms with E-state index in [4.69, 9.17) is 0 Å². The average Bonchev–Trinajstić information content (AvgIpc) is 1.27. The molecule has 0 amide bonds. The zero-order valence-electron chi connectivity index (χ0n) is 4.41. The standard InChI is InChI=1S/C5H8I2/c1-4(6)3-5(2)7/h3-4H,1-2H3/b5-3-. The minimum Gasteiger partial charge on any atom is -0.0783 e. The second-order valence-electron chi connectivity index (χ2n) is 1.43. The Labute approximate surface area is 72.0 Å². The Morgan fingerprint density at radius 3 is 2.14 bits per heavy atom. The average molecular weight is 322 g/mol. The van der Waals surface area contributed by atoms with E-state index < -0.39 is 0 Å². The molecule has 0 spiro atoms. The van der Waals surface area contributed by atoms with E-state index in [1.807, 2.05) is 0 Å². The first-order valence-electron chi connectivity index (χ1n) is 2.11. The molecule has 0 saturated heterocycles. The molecular weight excluding hydrogens is 314 g/mol. The molecule has 0 heterocycles. The monoisotopic (exact) mass is 322 g/mol. The van der Waals surface area contributed by atoms with E-state index in [9.17, 15) is 0 Å². The highest BCUT2D eigenvalue weighted by molar-refractivity contribution is 14.1. The molecule has 0 radical (unpaired) electrons. The van der Waals surface area contributed by atoms with E-state index >= 15 is 0 Å². The van der Waals surface area contributed by atoms with Crippen LogP contribution in [-0.4, -0.2) is 3.92 Å². The third kappa shape index (κ3) is 7.20. The molecule has 7 heavy (non-hydrogen) atoms. The normalized spacial score (nSPS) is 16.9. The van der Waals surface area contributed by atoms with Crippen LogP contribution in [0.2, 0.25) is 0 Å². The van der Waals surface area contributed by atoms with Crippen LogP contribution in [-0.2, 0) is 0 Å². The number of halogens is 2. The molecular formula is C5H8I2. The van der Waals surface area contributed by atoms with Gasteiger partial charge in [0.1, 0.15) is 0 Å². The fourth-order valence-electron chi connectivity index (χ4n) is 0.316. The predicted molar refractivity (Wildman–Crippen MR) is 51.3 cm³/mol. The van der Waals surface area contributed by atoms with E-state index in [2.05, 4.69) is 65.1 Å². The topological polar surface area (TPSA) is 0 Å². The lowest BCUT2D eigenvalue weighted by Gasteiger charge is -1.89. The van der Waals surface area contributed by atoms with Crippen LogP contribution in [0.5, 0.6) is 0 Å². The molecule has 0 rings (SSSR count). The van der Waals surface area contributed by atoms with E-state index in [1.165, 1.54) is 3.58 Å². The summed E-state index contributed by atoms with van der Waals surface area (Å²) in [7, 11) is 0. The highest BCUT2D eigenvalue weighted by Gasteiger charge is 1.85. The van der Waals surface area contributed by atoms with Crippen molar-refractivity contribution < 1.29 is 0 Å². The van der Waals surface area contributed by atoms with Gasteiger partial charge in [-0.2, -0.15) is 0 Å². The highest BCUT2D eigenvalue weighted by Crippen LogP contribution is 2.09. The predicted octanol–water partition coefficient (Wildman–Crippen LogP) is 3.15. The Kier molecular flexibility index (Phi) is 4.82. The van der Waals surface area contributed by atoms with Gasteiger partial charge in [-0.25, -0.2) is 0 Å². The second kappa shape index (κ2) is 4.12. The quantitative estimate of drug-likeness (QED) is 0.514. The molecule has 0 aromatic carbocycles. The Morgan fingerprint density at radius 1 is 1.71 bits per heavy atom. The maximum atomic E-state index is 2.38. The molecule has 42 valence electrons. The largest absolute Gasteiger partial charge is 0.0783 e. The molecule has 0 aromatic heterocycles. The van der Waals surface area contributed by atoms with E-state index in [0.717, 1.165) is 0 Å². The van der Waals surface area contributed by atoms with Crippen molar-refractivity contribution in [2.24, 2.45) is 0 Å². The van der Waals surface area contributed by atoms with Crippen molar-refractivity contribution in [3.63, 3.8) is 0 Å². The third-order valence-electron chi connectivity index (χ3n) is 0.459. The maximum Gasteiger partial charge on any atom is 0.0271 e. The molecule has 2 heteroatoms. The van der Waals surface area contributed by atoms with Gasteiger partial charge in [0.15, 0.2) is 0 Å². The maximum absolute atomic E-state index is 2.38. The number of alkyl halides is 1. The molecule has 0 aromatic rings.